The average molecular weight is 609 g/mol. The summed E-state index contributed by atoms with van der Waals surface area (Å²) in [6.45, 7) is 63.0. The molecule has 0 saturated heterocycles. The van der Waals surface area contributed by atoms with Crippen LogP contribution in [-0.2, 0) is 0 Å². The third-order valence-electron chi connectivity index (χ3n) is 4.25. The lowest BCUT2D eigenvalue weighted by molar-refractivity contribution is 0.397. The first-order chi connectivity index (χ1) is 18.7. The minimum absolute atomic E-state index is 0.500. The van der Waals surface area contributed by atoms with Gasteiger partial charge in [0.05, 0.1) is 0 Å². The lowest BCUT2D eigenvalue weighted by Crippen LogP contribution is -2.00. The van der Waals surface area contributed by atoms with E-state index in [0.717, 1.165) is 17.8 Å². The summed E-state index contributed by atoms with van der Waals surface area (Å²) in [7, 11) is 0. The topological polar surface area (TPSA) is 0 Å². The molecule has 0 aliphatic heterocycles. The Balaban J connectivity index is -0.0000000345. The quantitative estimate of drug-likeness (QED) is 0.299. The Kier molecular flexibility index (Phi) is 93.2. The van der Waals surface area contributed by atoms with Gasteiger partial charge in [-0.1, -0.05) is 246 Å². The summed E-state index contributed by atoms with van der Waals surface area (Å²) in [5.41, 5.74) is 1.58. The van der Waals surface area contributed by atoms with Gasteiger partial charge in [0.2, 0.25) is 0 Å². The Morgan fingerprint density at radius 2 is 0.452 bits per heavy atom. The molecule has 0 N–H and O–H groups in total. The van der Waals surface area contributed by atoms with Crippen molar-refractivity contribution in [2.75, 3.05) is 0 Å². The Bertz CT molecular complexity index is 279. The van der Waals surface area contributed by atoms with Gasteiger partial charge < -0.3 is 0 Å². The molecule has 0 aromatic carbocycles. The minimum Gasteiger partial charge on any atom is -0.0683 e. The standard InChI is InChI=1S/2C6H14.3C5H12.2C4H10.C3H8.2C2H6/c2*1-5-6(2,3)4;1-5(2,3)4;2*1-4-5(2)3;1-4(2)3;1-3-4-2;1-3-2;2*1-2/h2*5H2,1-4H3;1-4H3;2*5H,4H2,1-3H3;4H,1-3H3;3-4H2,1-2H3;3H2,1-2H3;2*1-2H3. The van der Waals surface area contributed by atoms with Crippen molar-refractivity contribution < 1.29 is 0 Å². The van der Waals surface area contributed by atoms with E-state index < -0.39 is 0 Å². The van der Waals surface area contributed by atoms with E-state index in [4.69, 9.17) is 0 Å². The highest BCUT2D eigenvalue weighted by Crippen LogP contribution is 2.16. The zero-order valence-corrected chi connectivity index (χ0v) is 37.2. The molecule has 0 heteroatoms. The molecule has 0 aromatic heterocycles. The monoisotopic (exact) mass is 609 g/mol. The summed E-state index contributed by atoms with van der Waals surface area (Å²) in [6.07, 6.45) is 9.04. The van der Waals surface area contributed by atoms with Crippen molar-refractivity contribution in [2.24, 2.45) is 34.0 Å². The van der Waals surface area contributed by atoms with E-state index in [1.165, 1.54) is 44.9 Å². The molecule has 0 bridgehead atoms. The van der Waals surface area contributed by atoms with E-state index in [2.05, 4.69) is 173 Å². The molecule has 0 aliphatic rings. The van der Waals surface area contributed by atoms with Crippen LogP contribution in [0, 0.1) is 34.0 Å². The fourth-order valence-corrected chi connectivity index (χ4v) is 0. The van der Waals surface area contributed by atoms with Crippen molar-refractivity contribution in [3.63, 3.8) is 0 Å². The molecule has 0 radical (unpaired) electrons. The molecule has 0 rings (SSSR count). The van der Waals surface area contributed by atoms with Crippen LogP contribution < -0.4 is 0 Å². The van der Waals surface area contributed by atoms with Gasteiger partial charge in [0.15, 0.2) is 0 Å². The van der Waals surface area contributed by atoms with Gasteiger partial charge in [-0.3, -0.25) is 0 Å². The first-order valence-electron chi connectivity index (χ1n) is 18.7. The summed E-state index contributed by atoms with van der Waals surface area (Å²) in [5, 5.41) is 0. The molecule has 0 aromatic rings. The van der Waals surface area contributed by atoms with Gasteiger partial charge >= 0.3 is 0 Å². The maximum atomic E-state index is 2.24. The first-order valence-corrected chi connectivity index (χ1v) is 18.7. The third kappa shape index (κ3) is 503. The van der Waals surface area contributed by atoms with E-state index in [1.54, 1.807) is 0 Å². The predicted molar refractivity (Wildman–Crippen MR) is 215 cm³/mol. The first kappa shape index (κ1) is 68.9. The SMILES string of the molecule is CC.CC.CC(C)(C)C.CC(C)C.CCC.CCC(C)(C)C.CCC(C)(C)C.CCC(C)C.CCC(C)C.CCCC. The molecular formula is C42H104. The van der Waals surface area contributed by atoms with Crippen LogP contribution in [0.1, 0.15) is 246 Å². The second kappa shape index (κ2) is 56.7. The number of unbranched alkanes of at least 4 members (excludes halogenated alkanes) is 1. The molecule has 0 spiro atoms. The third-order valence-corrected chi connectivity index (χ3v) is 4.25. The summed E-state index contributed by atoms with van der Waals surface area (Å²) >= 11 is 0. The Morgan fingerprint density at radius 1 is 0.381 bits per heavy atom. The van der Waals surface area contributed by atoms with Crippen molar-refractivity contribution in [3.8, 4) is 0 Å². The number of rotatable bonds is 3. The Morgan fingerprint density at radius 3 is 0.452 bits per heavy atom. The van der Waals surface area contributed by atoms with Crippen LogP contribution in [0.5, 0.6) is 0 Å². The zero-order valence-electron chi connectivity index (χ0n) is 37.2. The normalized spacial score (nSPS) is 9.43. The van der Waals surface area contributed by atoms with Gasteiger partial charge in [-0.2, -0.15) is 0 Å². The summed E-state index contributed by atoms with van der Waals surface area (Å²) in [6, 6.07) is 0. The fraction of sp³-hybridized carbons (Fsp3) is 1.00. The smallest absolute Gasteiger partial charge is 0.0385 e. The molecule has 0 nitrogen and oxygen atoms in total. The second-order valence-corrected chi connectivity index (χ2v) is 15.9. The van der Waals surface area contributed by atoms with E-state index in [9.17, 15) is 0 Å². The molecule has 0 fully saturated rings. The molecule has 0 atom stereocenters. The lowest BCUT2D eigenvalue weighted by atomic mass is 9.94. The van der Waals surface area contributed by atoms with E-state index in [1.807, 2.05) is 27.7 Å². The lowest BCUT2D eigenvalue weighted by Gasteiger charge is -2.12. The average Bonchev–Trinajstić information content (AvgIpc) is 2.86. The van der Waals surface area contributed by atoms with Crippen LogP contribution in [0.15, 0.2) is 0 Å². The predicted octanol–water partition coefficient (Wildman–Crippen LogP) is 18.0. The summed E-state index contributed by atoms with van der Waals surface area (Å²) in [4.78, 5) is 0. The van der Waals surface area contributed by atoms with E-state index in [0.29, 0.717) is 16.2 Å². The van der Waals surface area contributed by atoms with Gasteiger partial charge in [-0.05, 0) is 34.0 Å². The van der Waals surface area contributed by atoms with Crippen molar-refractivity contribution in [3.05, 3.63) is 0 Å². The van der Waals surface area contributed by atoms with Gasteiger partial charge in [0.25, 0.3) is 0 Å². The molecule has 0 heterocycles. The summed E-state index contributed by atoms with van der Waals surface area (Å²) in [5.74, 6) is 2.60. The molecule has 42 heavy (non-hydrogen) atoms. The van der Waals surface area contributed by atoms with Crippen molar-refractivity contribution in [1.29, 1.82) is 0 Å². The second-order valence-electron chi connectivity index (χ2n) is 15.9. The maximum Gasteiger partial charge on any atom is -0.0385 e. The van der Waals surface area contributed by atoms with Gasteiger partial charge in [0, 0.05) is 0 Å². The van der Waals surface area contributed by atoms with Crippen LogP contribution in [0.4, 0.5) is 0 Å². The molecule has 0 unspecified atom stereocenters. The molecular weight excluding hydrogens is 504 g/mol. The highest BCUT2D eigenvalue weighted by molar-refractivity contribution is 4.55. The van der Waals surface area contributed by atoms with Crippen molar-refractivity contribution in [2.45, 2.75) is 246 Å². The van der Waals surface area contributed by atoms with E-state index in [-0.39, 0.29) is 0 Å². The van der Waals surface area contributed by atoms with Crippen molar-refractivity contribution >= 4 is 0 Å². The van der Waals surface area contributed by atoms with Gasteiger partial charge in [0.1, 0.15) is 0 Å². The van der Waals surface area contributed by atoms with Gasteiger partial charge in [-0.15, -0.1) is 0 Å². The largest absolute Gasteiger partial charge is 0.0683 e. The number of hydrogen-bond donors (Lipinski definition) is 0. The Labute approximate surface area is 279 Å². The molecule has 272 valence electrons. The van der Waals surface area contributed by atoms with Crippen LogP contribution in [0.2, 0.25) is 0 Å². The Hall–Kier alpha value is 0. The molecule has 0 amide bonds. The van der Waals surface area contributed by atoms with Crippen LogP contribution in [-0.4, -0.2) is 0 Å². The van der Waals surface area contributed by atoms with Crippen LogP contribution in [0.3, 0.4) is 0 Å². The maximum absolute atomic E-state index is 2.24. The van der Waals surface area contributed by atoms with Crippen LogP contribution in [0.25, 0.3) is 0 Å². The minimum atomic E-state index is 0.500. The highest BCUT2D eigenvalue weighted by Gasteiger charge is 2.03. The van der Waals surface area contributed by atoms with Crippen molar-refractivity contribution in [1.82, 2.24) is 0 Å². The molecule has 0 aliphatic carbocycles. The number of hydrogen-bond acceptors (Lipinski definition) is 0. The van der Waals surface area contributed by atoms with E-state index >= 15 is 0 Å². The highest BCUT2D eigenvalue weighted by atomic mass is 14.1. The fourth-order valence-electron chi connectivity index (χ4n) is 0. The zero-order chi connectivity index (χ0) is 37.2. The summed E-state index contributed by atoms with van der Waals surface area (Å²) < 4.78 is 0. The van der Waals surface area contributed by atoms with Gasteiger partial charge in [-0.25, -0.2) is 0 Å². The van der Waals surface area contributed by atoms with Crippen LogP contribution >= 0.6 is 0 Å². The molecule has 0 saturated carbocycles.